The minimum absolute atomic E-state index is 0.0351. The third-order valence-corrected chi connectivity index (χ3v) is 8.04. The van der Waals surface area contributed by atoms with Gasteiger partial charge in [0.1, 0.15) is 5.15 Å². The Morgan fingerprint density at radius 3 is 2.62 bits per heavy atom. The predicted molar refractivity (Wildman–Crippen MR) is 162 cm³/mol. The maximum absolute atomic E-state index is 13.5. The number of carbonyl (C=O) groups excluding carboxylic acids is 1. The van der Waals surface area contributed by atoms with Crippen LogP contribution in [0.4, 0.5) is 5.69 Å². The number of carbonyl (C=O) groups is 1. The molecule has 1 atom stereocenters. The average Bonchev–Trinajstić information content (AvgIpc) is 3.36. The minimum atomic E-state index is -0.181. The van der Waals surface area contributed by atoms with E-state index in [0.717, 1.165) is 58.6 Å². The number of para-hydroxylation sites is 1. The van der Waals surface area contributed by atoms with Crippen molar-refractivity contribution >= 4 is 45.9 Å². The molecule has 0 saturated carbocycles. The number of anilines is 1. The Morgan fingerprint density at radius 2 is 1.77 bits per heavy atom. The lowest BCUT2D eigenvalue weighted by Crippen LogP contribution is -2.18. The fraction of sp³-hybridized carbons (Fsp3) is 0.194. The third kappa shape index (κ3) is 6.50. The van der Waals surface area contributed by atoms with Gasteiger partial charge in [-0.3, -0.25) is 14.9 Å². The molecule has 3 N–H and O–H groups in total. The lowest BCUT2D eigenvalue weighted by Gasteiger charge is -2.20. The van der Waals surface area contributed by atoms with Crippen molar-refractivity contribution in [1.82, 2.24) is 20.5 Å². The van der Waals surface area contributed by atoms with Crippen LogP contribution in [0, 0.1) is 0 Å². The first-order chi connectivity index (χ1) is 19.1. The highest BCUT2D eigenvalue weighted by Gasteiger charge is 2.25. The van der Waals surface area contributed by atoms with E-state index in [2.05, 4.69) is 32.7 Å². The summed E-state index contributed by atoms with van der Waals surface area (Å²) in [5.41, 5.74) is 4.92. The van der Waals surface area contributed by atoms with Gasteiger partial charge in [0.2, 0.25) is 0 Å². The molecular formula is C31H30ClN5OS. The molecular weight excluding hydrogens is 526 g/mol. The average molecular weight is 556 g/mol. The van der Waals surface area contributed by atoms with Gasteiger partial charge >= 0.3 is 0 Å². The van der Waals surface area contributed by atoms with Crippen LogP contribution in [-0.4, -0.2) is 34.2 Å². The first-order valence-corrected chi connectivity index (χ1v) is 14.3. The number of hydrogen-bond acceptors (Lipinski definition) is 5. The molecule has 2 heterocycles. The lowest BCUT2D eigenvalue weighted by molar-refractivity contribution is 0.102. The summed E-state index contributed by atoms with van der Waals surface area (Å²) in [7, 11) is 0. The Bertz CT molecular complexity index is 1560. The standard InChI is InChI=1S/C31H30ClN5OS/c1-2-17-33-18-16-27(28-29(36-37-30(28)32)21-10-4-3-5-11-21)39-26-15-9-7-13-24(26)31(38)35-23-19-22-12-6-8-14-25(22)34-20-23/h3-15,19-20,27,33H,2,16-18H2,1H3,(H,35,38)(H,36,37). The first-order valence-electron chi connectivity index (χ1n) is 13.1. The van der Waals surface area contributed by atoms with Crippen LogP contribution < -0.4 is 10.6 Å². The lowest BCUT2D eigenvalue weighted by atomic mass is 10.0. The van der Waals surface area contributed by atoms with Crippen molar-refractivity contribution in [3.05, 3.63) is 107 Å². The summed E-state index contributed by atoms with van der Waals surface area (Å²) in [6.07, 6.45) is 3.57. The van der Waals surface area contributed by atoms with Crippen LogP contribution in [0.5, 0.6) is 0 Å². The van der Waals surface area contributed by atoms with Crippen LogP contribution in [-0.2, 0) is 0 Å². The van der Waals surface area contributed by atoms with Crippen molar-refractivity contribution in [2.75, 3.05) is 18.4 Å². The Kier molecular flexibility index (Phi) is 8.93. The second-order valence-electron chi connectivity index (χ2n) is 9.18. The molecule has 0 spiro atoms. The highest BCUT2D eigenvalue weighted by molar-refractivity contribution is 7.99. The van der Waals surface area contributed by atoms with E-state index in [9.17, 15) is 4.79 Å². The highest BCUT2D eigenvalue weighted by Crippen LogP contribution is 2.45. The highest BCUT2D eigenvalue weighted by atomic mass is 35.5. The van der Waals surface area contributed by atoms with Gasteiger partial charge in [0.25, 0.3) is 5.91 Å². The second-order valence-corrected chi connectivity index (χ2v) is 10.8. The third-order valence-electron chi connectivity index (χ3n) is 6.39. The molecule has 3 aromatic carbocycles. The van der Waals surface area contributed by atoms with E-state index in [1.165, 1.54) is 0 Å². The van der Waals surface area contributed by atoms with E-state index < -0.39 is 0 Å². The van der Waals surface area contributed by atoms with Crippen LogP contribution >= 0.6 is 23.4 Å². The van der Waals surface area contributed by atoms with Crippen molar-refractivity contribution in [2.45, 2.75) is 29.9 Å². The molecule has 0 radical (unpaired) electrons. The number of pyridine rings is 1. The minimum Gasteiger partial charge on any atom is -0.321 e. The zero-order valence-corrected chi connectivity index (χ0v) is 23.2. The van der Waals surface area contributed by atoms with E-state index in [1.54, 1.807) is 18.0 Å². The quantitative estimate of drug-likeness (QED) is 0.115. The number of fused-ring (bicyclic) bond motifs is 1. The van der Waals surface area contributed by atoms with Gasteiger partial charge in [-0.15, -0.1) is 11.8 Å². The first kappa shape index (κ1) is 26.9. The van der Waals surface area contributed by atoms with Gasteiger partial charge < -0.3 is 10.6 Å². The number of nitrogens with zero attached hydrogens (tertiary/aromatic N) is 2. The second kappa shape index (κ2) is 12.9. The summed E-state index contributed by atoms with van der Waals surface area (Å²) >= 11 is 8.35. The SMILES string of the molecule is CCCNCCC(Sc1ccccc1C(=O)Nc1cnc2ccccc2c1)c1c(-c2ccccc2)n[nH]c1Cl. The molecule has 0 aliphatic heterocycles. The van der Waals surface area contributed by atoms with Crippen molar-refractivity contribution in [3.63, 3.8) is 0 Å². The molecule has 0 aliphatic rings. The molecule has 8 heteroatoms. The Hall–Kier alpha value is -3.65. The number of thioether (sulfide) groups is 1. The smallest absolute Gasteiger partial charge is 0.256 e. The molecule has 2 aromatic heterocycles. The fourth-order valence-corrected chi connectivity index (χ4v) is 6.15. The fourth-order valence-electron chi connectivity index (χ4n) is 4.48. The molecule has 0 saturated heterocycles. The molecule has 5 aromatic rings. The maximum Gasteiger partial charge on any atom is 0.256 e. The number of amides is 1. The van der Waals surface area contributed by atoms with Crippen LogP contribution in [0.2, 0.25) is 5.15 Å². The van der Waals surface area contributed by atoms with Crippen LogP contribution in [0.3, 0.4) is 0 Å². The van der Waals surface area contributed by atoms with E-state index >= 15 is 0 Å². The number of H-pyrrole nitrogens is 1. The number of aromatic amines is 1. The van der Waals surface area contributed by atoms with Crippen molar-refractivity contribution in [2.24, 2.45) is 0 Å². The predicted octanol–water partition coefficient (Wildman–Crippen LogP) is 7.75. The number of aromatic nitrogens is 3. The Morgan fingerprint density at radius 1 is 1.00 bits per heavy atom. The zero-order chi connectivity index (χ0) is 27.0. The van der Waals surface area contributed by atoms with Crippen molar-refractivity contribution < 1.29 is 4.79 Å². The Labute approximate surface area is 237 Å². The monoisotopic (exact) mass is 555 g/mol. The molecule has 0 bridgehead atoms. The molecule has 198 valence electrons. The van der Waals surface area contributed by atoms with E-state index in [-0.39, 0.29) is 11.2 Å². The number of rotatable bonds is 11. The molecule has 1 amide bonds. The Balaban J connectivity index is 1.44. The zero-order valence-electron chi connectivity index (χ0n) is 21.7. The topological polar surface area (TPSA) is 82.7 Å². The summed E-state index contributed by atoms with van der Waals surface area (Å²) in [4.78, 5) is 18.8. The van der Waals surface area contributed by atoms with Crippen molar-refractivity contribution in [3.8, 4) is 11.3 Å². The van der Waals surface area contributed by atoms with E-state index in [4.69, 9.17) is 11.6 Å². The van der Waals surface area contributed by atoms with E-state index in [1.807, 2.05) is 84.9 Å². The van der Waals surface area contributed by atoms with Crippen LogP contribution in [0.25, 0.3) is 22.2 Å². The molecule has 0 aliphatic carbocycles. The summed E-state index contributed by atoms with van der Waals surface area (Å²) < 4.78 is 0. The number of hydrogen-bond donors (Lipinski definition) is 3. The summed E-state index contributed by atoms with van der Waals surface area (Å²) in [5.74, 6) is -0.181. The summed E-state index contributed by atoms with van der Waals surface area (Å²) in [6, 6.07) is 27.5. The molecule has 1 unspecified atom stereocenters. The van der Waals surface area contributed by atoms with Crippen LogP contribution in [0.1, 0.15) is 40.9 Å². The van der Waals surface area contributed by atoms with Gasteiger partial charge in [-0.05, 0) is 50.2 Å². The van der Waals surface area contributed by atoms with Gasteiger partial charge in [-0.2, -0.15) is 5.10 Å². The van der Waals surface area contributed by atoms with Crippen molar-refractivity contribution in [1.29, 1.82) is 0 Å². The normalized spacial score (nSPS) is 11.9. The summed E-state index contributed by atoms with van der Waals surface area (Å²) in [5, 5.41) is 15.5. The van der Waals surface area contributed by atoms with Crippen LogP contribution in [0.15, 0.2) is 96.0 Å². The molecule has 5 rings (SSSR count). The largest absolute Gasteiger partial charge is 0.321 e. The number of halogens is 1. The molecule has 39 heavy (non-hydrogen) atoms. The van der Waals surface area contributed by atoms with Gasteiger partial charge in [0.15, 0.2) is 0 Å². The maximum atomic E-state index is 13.5. The molecule has 0 fully saturated rings. The summed E-state index contributed by atoms with van der Waals surface area (Å²) in [6.45, 7) is 3.92. The number of nitrogens with one attached hydrogen (secondary N) is 3. The molecule has 6 nitrogen and oxygen atoms in total. The van der Waals surface area contributed by atoms with Gasteiger partial charge in [0, 0.05) is 26.7 Å². The van der Waals surface area contributed by atoms with E-state index in [0.29, 0.717) is 16.4 Å². The number of benzene rings is 3. The van der Waals surface area contributed by atoms with Gasteiger partial charge in [0.05, 0.1) is 28.7 Å². The van der Waals surface area contributed by atoms with Gasteiger partial charge in [-0.25, -0.2) is 0 Å². The van der Waals surface area contributed by atoms with Gasteiger partial charge in [-0.1, -0.05) is 79.2 Å².